The number of aliphatic hydroxyl groups excluding tert-OH is 2. The SMILES string of the molecule is CC(C)(CCC(CCSCc1ccc(C(F)(F)F)cc1)SCc1ccc(C(F)(F)F)cc1)CC(=O)Nc1ccn([C@H]2C[C@H](O)[C@@H](CO)O2)c(=O)n1. The first kappa shape index (κ1) is 40.7. The normalized spacial score (nSPS) is 18.9. The van der Waals surface area contributed by atoms with Gasteiger partial charge < -0.3 is 20.3 Å². The van der Waals surface area contributed by atoms with E-state index < -0.39 is 59.6 Å². The minimum absolute atomic E-state index is 0.0596. The fourth-order valence-corrected chi connectivity index (χ4v) is 7.89. The molecule has 3 N–H and O–H groups in total. The molecule has 0 saturated carbocycles. The third-order valence-electron chi connectivity index (χ3n) is 8.48. The Bertz CT molecular complexity index is 1640. The number of carbonyl (C=O) groups is 1. The quantitative estimate of drug-likeness (QED) is 0.101. The van der Waals surface area contributed by atoms with Crippen molar-refractivity contribution in [2.24, 2.45) is 5.41 Å². The Balaban J connectivity index is 1.31. The van der Waals surface area contributed by atoms with Crippen molar-refractivity contribution in [1.29, 1.82) is 0 Å². The second kappa shape index (κ2) is 17.6. The number of nitrogens with one attached hydrogen (secondary N) is 1. The average Bonchev–Trinajstić information content (AvgIpc) is 3.43. The molecule has 1 aliphatic heterocycles. The summed E-state index contributed by atoms with van der Waals surface area (Å²) in [6, 6.07) is 11.5. The fraction of sp³-hybridized carbons (Fsp3) is 0.514. The molecule has 0 spiro atoms. The molecule has 1 fully saturated rings. The molecule has 1 aromatic heterocycles. The molecule has 1 amide bonds. The number of ether oxygens (including phenoxy) is 1. The van der Waals surface area contributed by atoms with Gasteiger partial charge in [-0.25, -0.2) is 4.79 Å². The lowest BCUT2D eigenvalue weighted by Gasteiger charge is -2.27. The number of alkyl halides is 6. The highest BCUT2D eigenvalue weighted by Gasteiger charge is 2.35. The van der Waals surface area contributed by atoms with E-state index in [1.807, 2.05) is 13.8 Å². The minimum atomic E-state index is -4.42. The van der Waals surface area contributed by atoms with E-state index in [0.29, 0.717) is 30.1 Å². The van der Waals surface area contributed by atoms with Gasteiger partial charge in [0.2, 0.25) is 5.91 Å². The van der Waals surface area contributed by atoms with Crippen molar-refractivity contribution in [3.8, 4) is 0 Å². The van der Waals surface area contributed by atoms with Gasteiger partial charge >= 0.3 is 18.0 Å². The van der Waals surface area contributed by atoms with E-state index in [2.05, 4.69) is 10.3 Å². The number of amides is 1. The Morgan fingerprint density at radius 3 is 2.08 bits per heavy atom. The summed E-state index contributed by atoms with van der Waals surface area (Å²) < 4.78 is 84.5. The lowest BCUT2D eigenvalue weighted by atomic mass is 9.83. The minimum Gasteiger partial charge on any atom is -0.394 e. The molecule has 4 rings (SSSR count). The summed E-state index contributed by atoms with van der Waals surface area (Å²) in [6.45, 7) is 3.48. The van der Waals surface area contributed by atoms with Crippen molar-refractivity contribution >= 4 is 35.2 Å². The van der Waals surface area contributed by atoms with Crippen LogP contribution in [0.5, 0.6) is 0 Å². The second-order valence-corrected chi connectivity index (χ2v) is 15.6. The molecule has 2 aromatic carbocycles. The molecule has 2 heterocycles. The maximum absolute atomic E-state index is 13.0. The fourth-order valence-electron chi connectivity index (χ4n) is 5.52. The van der Waals surface area contributed by atoms with Crippen molar-refractivity contribution in [1.82, 2.24) is 9.55 Å². The Hall–Kier alpha value is -3.05. The monoisotopic (exact) mass is 761 g/mol. The molecule has 0 bridgehead atoms. The van der Waals surface area contributed by atoms with Crippen LogP contribution in [0.25, 0.3) is 0 Å². The first-order valence-electron chi connectivity index (χ1n) is 16.3. The van der Waals surface area contributed by atoms with Gasteiger partial charge in [-0.1, -0.05) is 38.1 Å². The number of nitrogens with zero attached hydrogens (tertiary/aromatic N) is 2. The Morgan fingerprint density at radius 2 is 1.55 bits per heavy atom. The van der Waals surface area contributed by atoms with Crippen LogP contribution >= 0.6 is 23.5 Å². The first-order valence-corrected chi connectivity index (χ1v) is 18.5. The van der Waals surface area contributed by atoms with E-state index in [1.165, 1.54) is 41.1 Å². The van der Waals surface area contributed by atoms with Crippen molar-refractivity contribution < 1.29 is 46.1 Å². The number of aromatic nitrogens is 2. The number of thioether (sulfide) groups is 2. The van der Waals surface area contributed by atoms with Gasteiger partial charge in [0.05, 0.1) is 23.8 Å². The molecule has 16 heteroatoms. The molecule has 3 aromatic rings. The zero-order valence-electron chi connectivity index (χ0n) is 28.0. The zero-order chi connectivity index (χ0) is 37.4. The average molecular weight is 762 g/mol. The van der Waals surface area contributed by atoms with Crippen LogP contribution in [0.3, 0.4) is 0 Å². The van der Waals surface area contributed by atoms with Gasteiger partial charge in [-0.3, -0.25) is 9.36 Å². The highest BCUT2D eigenvalue weighted by atomic mass is 32.2. The number of hydrogen-bond donors (Lipinski definition) is 3. The number of benzene rings is 2. The molecular formula is C35H41F6N3O5S2. The summed E-state index contributed by atoms with van der Waals surface area (Å²) in [7, 11) is 0. The second-order valence-electron chi connectivity index (χ2n) is 13.2. The summed E-state index contributed by atoms with van der Waals surface area (Å²) in [6.07, 6.45) is -7.66. The third-order valence-corrected chi connectivity index (χ3v) is 11.0. The molecule has 8 nitrogen and oxygen atoms in total. The summed E-state index contributed by atoms with van der Waals surface area (Å²) in [5, 5.41) is 22.0. The highest BCUT2D eigenvalue weighted by Crippen LogP contribution is 2.35. The van der Waals surface area contributed by atoms with E-state index in [1.54, 1.807) is 23.5 Å². The number of halogens is 6. The molecule has 1 aliphatic rings. The molecular weight excluding hydrogens is 721 g/mol. The molecule has 51 heavy (non-hydrogen) atoms. The first-order chi connectivity index (χ1) is 23.9. The third kappa shape index (κ3) is 12.5. The van der Waals surface area contributed by atoms with Gasteiger partial charge in [-0.15, -0.1) is 0 Å². The molecule has 0 radical (unpaired) electrons. The summed E-state index contributed by atoms with van der Waals surface area (Å²) in [5.74, 6) is 1.42. The van der Waals surface area contributed by atoms with E-state index in [-0.39, 0.29) is 29.8 Å². The van der Waals surface area contributed by atoms with E-state index in [4.69, 9.17) is 4.74 Å². The smallest absolute Gasteiger partial charge is 0.394 e. The van der Waals surface area contributed by atoms with Gasteiger partial charge in [0, 0.05) is 35.8 Å². The van der Waals surface area contributed by atoms with Crippen molar-refractivity contribution in [2.45, 2.75) is 93.5 Å². The topological polar surface area (TPSA) is 114 Å². The van der Waals surface area contributed by atoms with Crippen molar-refractivity contribution in [2.75, 3.05) is 17.7 Å². The molecule has 1 unspecified atom stereocenters. The van der Waals surface area contributed by atoms with Crippen LogP contribution in [0.4, 0.5) is 32.2 Å². The van der Waals surface area contributed by atoms with Gasteiger partial charge in [-0.2, -0.15) is 54.9 Å². The van der Waals surface area contributed by atoms with Crippen LogP contribution < -0.4 is 11.0 Å². The van der Waals surface area contributed by atoms with E-state index >= 15 is 0 Å². The van der Waals surface area contributed by atoms with Crippen LogP contribution in [0, 0.1) is 5.41 Å². The summed E-state index contributed by atoms with van der Waals surface area (Å²) in [5.41, 5.74) is -1.07. The predicted octanol–water partition coefficient (Wildman–Crippen LogP) is 7.68. The van der Waals surface area contributed by atoms with Crippen LogP contribution in [0.15, 0.2) is 65.6 Å². The van der Waals surface area contributed by atoms with Gasteiger partial charge in [0.15, 0.2) is 0 Å². The largest absolute Gasteiger partial charge is 0.416 e. The maximum atomic E-state index is 13.0. The van der Waals surface area contributed by atoms with Crippen molar-refractivity contribution in [3.63, 3.8) is 0 Å². The lowest BCUT2D eigenvalue weighted by molar-refractivity contribution is -0.138. The molecule has 0 aliphatic carbocycles. The number of anilines is 1. The Labute approximate surface area is 300 Å². The molecule has 1 saturated heterocycles. The number of carbonyl (C=O) groups excluding carboxylic acids is 1. The maximum Gasteiger partial charge on any atom is 0.416 e. The van der Waals surface area contributed by atoms with Crippen LogP contribution in [-0.4, -0.2) is 55.5 Å². The van der Waals surface area contributed by atoms with Gasteiger partial charge in [0.25, 0.3) is 0 Å². The molecule has 280 valence electrons. The Morgan fingerprint density at radius 1 is 0.961 bits per heavy atom. The van der Waals surface area contributed by atoms with Crippen molar-refractivity contribution in [3.05, 3.63) is 93.5 Å². The van der Waals surface area contributed by atoms with Crippen LogP contribution in [-0.2, 0) is 33.4 Å². The summed E-state index contributed by atoms with van der Waals surface area (Å²) in [4.78, 5) is 29.5. The number of rotatable bonds is 16. The number of aliphatic hydroxyl groups is 2. The van der Waals surface area contributed by atoms with E-state index in [0.717, 1.165) is 41.8 Å². The standard InChI is InChI=1S/C35H41F6N3O5S2/c1-33(2,18-30(47)42-29-12-15-44(32(48)43-29)31-17-27(46)28(19-45)49-31)14-11-26(51-21-23-5-9-25(10-6-23)35(39,40)41)13-16-50-20-22-3-7-24(8-4-22)34(36,37)38/h3-10,12,15,26-28,31,45-46H,11,13-14,16-21H2,1-2H3,(H,42,43,47,48)/t26?,27-,28+,31+/m0/s1. The van der Waals surface area contributed by atoms with Gasteiger partial charge in [-0.05, 0) is 71.9 Å². The lowest BCUT2D eigenvalue weighted by Crippen LogP contribution is -2.29. The molecule has 4 atom stereocenters. The highest BCUT2D eigenvalue weighted by molar-refractivity contribution is 7.99. The van der Waals surface area contributed by atoms with Gasteiger partial charge in [0.1, 0.15) is 18.1 Å². The zero-order valence-corrected chi connectivity index (χ0v) is 29.7. The van der Waals surface area contributed by atoms with Crippen LogP contribution in [0.2, 0.25) is 0 Å². The van der Waals surface area contributed by atoms with Crippen LogP contribution in [0.1, 0.15) is 74.4 Å². The number of hydrogen-bond acceptors (Lipinski definition) is 8. The van der Waals surface area contributed by atoms with E-state index in [9.17, 15) is 46.1 Å². The predicted molar refractivity (Wildman–Crippen MR) is 185 cm³/mol. The Kier molecular flexibility index (Phi) is 14.1. The summed E-state index contributed by atoms with van der Waals surface area (Å²) >= 11 is 3.19.